The molecule has 1 amide bonds. The fourth-order valence-electron chi connectivity index (χ4n) is 2.82. The SMILES string of the molecule is O=C(N/N=C/c1ccc(Cl)cc1)c1cc(-c2ccc(OCc3ccccc3)cc2)n[nH]1. The number of hydrogen-bond donors (Lipinski definition) is 2. The molecule has 3 aromatic carbocycles. The summed E-state index contributed by atoms with van der Waals surface area (Å²) in [5.41, 5.74) is 6.24. The van der Waals surface area contributed by atoms with E-state index < -0.39 is 0 Å². The zero-order chi connectivity index (χ0) is 21.5. The number of aromatic nitrogens is 2. The average molecular weight is 431 g/mol. The summed E-state index contributed by atoms with van der Waals surface area (Å²) in [5, 5.41) is 11.5. The van der Waals surface area contributed by atoms with Crippen molar-refractivity contribution in [3.63, 3.8) is 0 Å². The molecule has 0 fully saturated rings. The second kappa shape index (κ2) is 9.73. The number of rotatable bonds is 7. The number of benzene rings is 3. The first-order valence-electron chi connectivity index (χ1n) is 9.59. The van der Waals surface area contributed by atoms with Crippen LogP contribution in [0.5, 0.6) is 5.75 Å². The second-order valence-electron chi connectivity index (χ2n) is 6.72. The van der Waals surface area contributed by atoms with Gasteiger partial charge in [0.25, 0.3) is 5.91 Å². The normalized spacial score (nSPS) is 10.9. The Morgan fingerprint density at radius 3 is 2.52 bits per heavy atom. The standard InChI is InChI=1S/C24H19ClN4O2/c25-20-10-6-17(7-11-20)15-26-29-24(30)23-14-22(27-28-23)19-8-12-21(13-9-19)31-16-18-4-2-1-3-5-18/h1-15H,16H2,(H,27,28)(H,29,30)/b26-15+. The molecule has 31 heavy (non-hydrogen) atoms. The van der Waals surface area contributed by atoms with Crippen LogP contribution in [0.3, 0.4) is 0 Å². The zero-order valence-corrected chi connectivity index (χ0v) is 17.2. The zero-order valence-electron chi connectivity index (χ0n) is 16.5. The van der Waals surface area contributed by atoms with Crippen molar-refractivity contribution < 1.29 is 9.53 Å². The Hall–Kier alpha value is -3.90. The molecule has 0 unspecified atom stereocenters. The lowest BCUT2D eigenvalue weighted by Crippen LogP contribution is -2.17. The van der Waals surface area contributed by atoms with Gasteiger partial charge < -0.3 is 4.74 Å². The van der Waals surface area contributed by atoms with E-state index in [1.54, 1.807) is 36.5 Å². The van der Waals surface area contributed by atoms with E-state index in [4.69, 9.17) is 16.3 Å². The van der Waals surface area contributed by atoms with E-state index >= 15 is 0 Å². The smallest absolute Gasteiger partial charge is 0.289 e. The van der Waals surface area contributed by atoms with Gasteiger partial charge in [-0.25, -0.2) is 5.43 Å². The first-order chi connectivity index (χ1) is 15.2. The van der Waals surface area contributed by atoms with Crippen molar-refractivity contribution in [1.29, 1.82) is 0 Å². The molecule has 6 nitrogen and oxygen atoms in total. The average Bonchev–Trinajstić information content (AvgIpc) is 3.30. The second-order valence-corrected chi connectivity index (χ2v) is 7.15. The highest BCUT2D eigenvalue weighted by molar-refractivity contribution is 6.30. The van der Waals surface area contributed by atoms with Gasteiger partial charge in [0.15, 0.2) is 0 Å². The van der Waals surface area contributed by atoms with Crippen LogP contribution < -0.4 is 10.2 Å². The molecule has 1 aromatic heterocycles. The highest BCUT2D eigenvalue weighted by Crippen LogP contribution is 2.22. The Kier molecular flexibility index (Phi) is 6.40. The molecule has 4 aromatic rings. The van der Waals surface area contributed by atoms with Crippen molar-refractivity contribution in [3.05, 3.63) is 107 Å². The summed E-state index contributed by atoms with van der Waals surface area (Å²) in [7, 11) is 0. The minimum absolute atomic E-state index is 0.313. The van der Waals surface area contributed by atoms with Gasteiger partial charge in [-0.1, -0.05) is 54.1 Å². The Morgan fingerprint density at radius 1 is 1.03 bits per heavy atom. The molecule has 2 N–H and O–H groups in total. The number of hydrazone groups is 1. The van der Waals surface area contributed by atoms with Gasteiger partial charge in [-0.2, -0.15) is 10.2 Å². The number of hydrogen-bond acceptors (Lipinski definition) is 4. The lowest BCUT2D eigenvalue weighted by Gasteiger charge is -2.06. The van der Waals surface area contributed by atoms with E-state index in [2.05, 4.69) is 20.7 Å². The largest absolute Gasteiger partial charge is 0.489 e. The van der Waals surface area contributed by atoms with Gasteiger partial charge in [0.1, 0.15) is 18.1 Å². The van der Waals surface area contributed by atoms with Crippen LogP contribution in [0.4, 0.5) is 0 Å². The van der Waals surface area contributed by atoms with Crippen LogP contribution in [0.1, 0.15) is 21.6 Å². The van der Waals surface area contributed by atoms with Gasteiger partial charge >= 0.3 is 0 Å². The van der Waals surface area contributed by atoms with Crippen molar-refractivity contribution in [3.8, 4) is 17.0 Å². The Labute approximate surface area is 184 Å². The van der Waals surface area contributed by atoms with Gasteiger partial charge in [-0.05, 0) is 53.6 Å². The first kappa shape index (κ1) is 20.4. The maximum absolute atomic E-state index is 12.3. The van der Waals surface area contributed by atoms with Gasteiger partial charge in [0.05, 0.1) is 11.9 Å². The third-order valence-electron chi connectivity index (χ3n) is 4.47. The maximum Gasteiger partial charge on any atom is 0.289 e. The van der Waals surface area contributed by atoms with Crippen molar-refractivity contribution in [2.24, 2.45) is 5.10 Å². The van der Waals surface area contributed by atoms with Crippen LogP contribution >= 0.6 is 11.6 Å². The molecule has 4 rings (SSSR count). The summed E-state index contributed by atoms with van der Waals surface area (Å²) in [6.07, 6.45) is 1.54. The summed E-state index contributed by atoms with van der Waals surface area (Å²) in [4.78, 5) is 12.3. The predicted molar refractivity (Wildman–Crippen MR) is 121 cm³/mol. The molecular formula is C24H19ClN4O2. The summed E-state index contributed by atoms with van der Waals surface area (Å²) in [6, 6.07) is 26.3. The fraction of sp³-hybridized carbons (Fsp3) is 0.0417. The molecule has 1 heterocycles. The van der Waals surface area contributed by atoms with Gasteiger partial charge in [0, 0.05) is 10.6 Å². The van der Waals surface area contributed by atoms with E-state index in [1.807, 2.05) is 54.6 Å². The molecule has 0 aliphatic carbocycles. The quantitative estimate of drug-likeness (QED) is 0.317. The van der Waals surface area contributed by atoms with Gasteiger partial charge in [0.2, 0.25) is 0 Å². The van der Waals surface area contributed by atoms with E-state index in [1.165, 1.54) is 0 Å². The van der Waals surface area contributed by atoms with E-state index in [0.717, 1.165) is 22.4 Å². The summed E-state index contributed by atoms with van der Waals surface area (Å²) < 4.78 is 5.80. The number of aromatic amines is 1. The Balaban J connectivity index is 1.34. The maximum atomic E-state index is 12.3. The molecule has 0 aliphatic heterocycles. The number of carbonyl (C=O) groups is 1. The number of nitrogens with one attached hydrogen (secondary N) is 2. The topological polar surface area (TPSA) is 79.4 Å². The summed E-state index contributed by atoms with van der Waals surface area (Å²) in [5.74, 6) is 0.379. The molecule has 0 atom stereocenters. The molecule has 0 radical (unpaired) electrons. The molecule has 0 bridgehead atoms. The molecule has 154 valence electrons. The van der Waals surface area contributed by atoms with Crippen LogP contribution in [0.2, 0.25) is 5.02 Å². The van der Waals surface area contributed by atoms with Crippen LogP contribution in [0.15, 0.2) is 90.0 Å². The molecule has 7 heteroatoms. The number of ether oxygens (including phenoxy) is 1. The van der Waals surface area contributed by atoms with Crippen molar-refractivity contribution in [2.45, 2.75) is 6.61 Å². The lowest BCUT2D eigenvalue weighted by molar-refractivity contribution is 0.0950. The van der Waals surface area contributed by atoms with Crippen LogP contribution in [0, 0.1) is 0 Å². The number of halogens is 1. The van der Waals surface area contributed by atoms with Crippen LogP contribution in [-0.2, 0) is 6.61 Å². The first-order valence-corrected chi connectivity index (χ1v) is 9.97. The highest BCUT2D eigenvalue weighted by atomic mass is 35.5. The minimum Gasteiger partial charge on any atom is -0.489 e. The fourth-order valence-corrected chi connectivity index (χ4v) is 2.95. The Morgan fingerprint density at radius 2 is 1.77 bits per heavy atom. The molecule has 0 saturated heterocycles. The predicted octanol–water partition coefficient (Wildman–Crippen LogP) is 5.07. The number of amides is 1. The monoisotopic (exact) mass is 430 g/mol. The van der Waals surface area contributed by atoms with Crippen molar-refractivity contribution >= 4 is 23.7 Å². The number of nitrogens with zero attached hydrogens (tertiary/aromatic N) is 2. The van der Waals surface area contributed by atoms with Crippen LogP contribution in [0.25, 0.3) is 11.3 Å². The van der Waals surface area contributed by atoms with E-state index in [0.29, 0.717) is 23.0 Å². The van der Waals surface area contributed by atoms with E-state index in [-0.39, 0.29) is 5.91 Å². The Bertz CT molecular complexity index is 1170. The molecule has 0 aliphatic rings. The van der Waals surface area contributed by atoms with Gasteiger partial charge in [-0.3, -0.25) is 9.89 Å². The summed E-state index contributed by atoms with van der Waals surface area (Å²) >= 11 is 5.85. The van der Waals surface area contributed by atoms with Crippen molar-refractivity contribution in [2.75, 3.05) is 0 Å². The number of H-pyrrole nitrogens is 1. The molecule has 0 spiro atoms. The highest BCUT2D eigenvalue weighted by Gasteiger charge is 2.10. The third-order valence-corrected chi connectivity index (χ3v) is 4.72. The third kappa shape index (κ3) is 5.58. The van der Waals surface area contributed by atoms with Crippen molar-refractivity contribution in [1.82, 2.24) is 15.6 Å². The molecule has 0 saturated carbocycles. The lowest BCUT2D eigenvalue weighted by atomic mass is 10.1. The van der Waals surface area contributed by atoms with E-state index in [9.17, 15) is 4.79 Å². The van der Waals surface area contributed by atoms with Gasteiger partial charge in [-0.15, -0.1) is 0 Å². The minimum atomic E-state index is -0.383. The van der Waals surface area contributed by atoms with Crippen LogP contribution in [-0.4, -0.2) is 22.3 Å². The number of carbonyl (C=O) groups excluding carboxylic acids is 1. The summed E-state index contributed by atoms with van der Waals surface area (Å²) in [6.45, 7) is 0.503. The molecular weight excluding hydrogens is 412 g/mol.